The molecule has 2 aromatic carbocycles. The van der Waals surface area contributed by atoms with Gasteiger partial charge in [-0.2, -0.15) is 0 Å². The van der Waals surface area contributed by atoms with Crippen LogP contribution in [0, 0.1) is 15.5 Å². The molecule has 2 saturated heterocycles. The number of ether oxygens (including phenoxy) is 1. The molecule has 2 atom stereocenters. The lowest BCUT2D eigenvalue weighted by molar-refractivity contribution is -0.384. The third kappa shape index (κ3) is 2.68. The predicted octanol–water partition coefficient (Wildman–Crippen LogP) is 2.40. The summed E-state index contributed by atoms with van der Waals surface area (Å²) in [6.07, 6.45) is 1.34. The number of urea groups is 1. The van der Waals surface area contributed by atoms with Crippen LogP contribution in [0.15, 0.2) is 42.5 Å². The van der Waals surface area contributed by atoms with Gasteiger partial charge in [0.2, 0.25) is 5.91 Å². The minimum absolute atomic E-state index is 0.0181. The van der Waals surface area contributed by atoms with Crippen LogP contribution in [0.4, 0.5) is 21.9 Å². The number of barbiturate groups is 1. The topological polar surface area (TPSA) is 122 Å². The number of carbonyl (C=O) groups excluding carboxylic acids is 3. The summed E-state index contributed by atoms with van der Waals surface area (Å²) in [4.78, 5) is 53.7. The average Bonchev–Trinajstić information content (AvgIpc) is 3.28. The van der Waals surface area contributed by atoms with Gasteiger partial charge in [0.15, 0.2) is 5.41 Å². The monoisotopic (exact) mass is 436 g/mol. The summed E-state index contributed by atoms with van der Waals surface area (Å²) >= 11 is 0. The first-order valence-corrected chi connectivity index (χ1v) is 10.2. The number of nitrogens with zero attached hydrogens (tertiary/aromatic N) is 3. The lowest BCUT2D eigenvalue weighted by Crippen LogP contribution is -2.71. The number of methoxy groups -OCH3 is 1. The van der Waals surface area contributed by atoms with Crippen molar-refractivity contribution in [1.29, 1.82) is 0 Å². The minimum Gasteiger partial charge on any atom is -0.497 e. The Morgan fingerprint density at radius 2 is 1.91 bits per heavy atom. The van der Waals surface area contributed by atoms with E-state index in [1.54, 1.807) is 30.3 Å². The van der Waals surface area contributed by atoms with Crippen molar-refractivity contribution < 1.29 is 24.0 Å². The lowest BCUT2D eigenvalue weighted by Gasteiger charge is -2.49. The third-order valence-electron chi connectivity index (χ3n) is 6.62. The Labute approximate surface area is 182 Å². The fourth-order valence-corrected chi connectivity index (χ4v) is 5.16. The van der Waals surface area contributed by atoms with Crippen molar-refractivity contribution in [2.75, 3.05) is 23.5 Å². The number of hydrogen-bond donors (Lipinski definition) is 1. The van der Waals surface area contributed by atoms with Crippen LogP contribution in [-0.4, -0.2) is 42.5 Å². The maximum Gasteiger partial charge on any atom is 0.335 e. The summed E-state index contributed by atoms with van der Waals surface area (Å²) in [6, 6.07) is 9.67. The number of nitro benzene ring substituents is 1. The predicted molar refractivity (Wildman–Crippen MR) is 114 cm³/mol. The van der Waals surface area contributed by atoms with E-state index in [-0.39, 0.29) is 12.1 Å². The molecule has 0 aliphatic carbocycles. The van der Waals surface area contributed by atoms with Gasteiger partial charge in [0.25, 0.3) is 11.6 Å². The van der Waals surface area contributed by atoms with Crippen LogP contribution in [0.2, 0.25) is 0 Å². The zero-order valence-corrected chi connectivity index (χ0v) is 17.2. The molecule has 0 unspecified atom stereocenters. The second-order valence-electron chi connectivity index (χ2n) is 8.17. The van der Waals surface area contributed by atoms with Crippen molar-refractivity contribution >= 4 is 34.9 Å². The minimum atomic E-state index is -1.56. The van der Waals surface area contributed by atoms with Crippen molar-refractivity contribution in [3.63, 3.8) is 0 Å². The Kier molecular flexibility index (Phi) is 4.40. The largest absolute Gasteiger partial charge is 0.497 e. The van der Waals surface area contributed by atoms with Gasteiger partial charge in [-0.1, -0.05) is 0 Å². The number of imide groups is 2. The van der Waals surface area contributed by atoms with Gasteiger partial charge in [-0.3, -0.25) is 25.0 Å². The highest BCUT2D eigenvalue weighted by atomic mass is 16.6. The average molecular weight is 436 g/mol. The second-order valence-corrected chi connectivity index (χ2v) is 8.17. The maximum atomic E-state index is 13.9. The fourth-order valence-electron chi connectivity index (χ4n) is 5.16. The molecule has 1 N–H and O–H groups in total. The van der Waals surface area contributed by atoms with Crippen molar-refractivity contribution in [3.8, 4) is 5.75 Å². The van der Waals surface area contributed by atoms with Crippen LogP contribution in [0.1, 0.15) is 18.4 Å². The van der Waals surface area contributed by atoms with Crippen LogP contribution in [0.25, 0.3) is 0 Å². The number of hydrogen-bond acceptors (Lipinski definition) is 7. The number of nitro groups is 1. The molecule has 10 nitrogen and oxygen atoms in total. The quantitative estimate of drug-likeness (QED) is 0.445. The van der Waals surface area contributed by atoms with Gasteiger partial charge in [0.1, 0.15) is 5.75 Å². The SMILES string of the molecule is COc1ccc(N2C(=O)NC(=O)[C@@]3(Cc4cc([N+](=O)[O-])ccc4N4CCC[C@H]43)C2=O)cc1. The molecular weight excluding hydrogens is 416 g/mol. The smallest absolute Gasteiger partial charge is 0.335 e. The highest BCUT2D eigenvalue weighted by Crippen LogP contribution is 2.49. The molecule has 164 valence electrons. The van der Waals surface area contributed by atoms with Crippen LogP contribution < -0.4 is 19.9 Å². The summed E-state index contributed by atoms with van der Waals surface area (Å²) in [5.74, 6) is -0.720. The van der Waals surface area contributed by atoms with Gasteiger partial charge in [0, 0.05) is 30.8 Å². The van der Waals surface area contributed by atoms with Gasteiger partial charge in [-0.25, -0.2) is 9.69 Å². The van der Waals surface area contributed by atoms with E-state index >= 15 is 0 Å². The molecule has 3 aliphatic rings. The van der Waals surface area contributed by atoms with Crippen molar-refractivity contribution in [3.05, 3.63) is 58.1 Å². The van der Waals surface area contributed by atoms with E-state index in [0.717, 1.165) is 17.0 Å². The molecule has 0 radical (unpaired) electrons. The van der Waals surface area contributed by atoms with Gasteiger partial charge in [0.05, 0.1) is 23.8 Å². The summed E-state index contributed by atoms with van der Waals surface area (Å²) in [7, 11) is 1.51. The highest BCUT2D eigenvalue weighted by molar-refractivity contribution is 6.30. The van der Waals surface area contributed by atoms with E-state index in [9.17, 15) is 24.5 Å². The zero-order chi connectivity index (χ0) is 22.6. The highest BCUT2D eigenvalue weighted by Gasteiger charge is 2.63. The second kappa shape index (κ2) is 7.04. The van der Waals surface area contributed by atoms with Crippen LogP contribution >= 0.6 is 0 Å². The Morgan fingerprint density at radius 1 is 1.16 bits per heavy atom. The Balaban J connectivity index is 1.63. The number of carbonyl (C=O) groups is 3. The molecule has 32 heavy (non-hydrogen) atoms. The summed E-state index contributed by atoms with van der Waals surface area (Å²) in [5.41, 5.74) is -0.0213. The van der Waals surface area contributed by atoms with Gasteiger partial charge in [-0.05, 0) is 48.7 Å². The number of amides is 4. The molecule has 3 heterocycles. The number of nitrogens with one attached hydrogen (secondary N) is 1. The first-order chi connectivity index (χ1) is 15.4. The molecule has 0 bridgehead atoms. The van der Waals surface area contributed by atoms with E-state index in [0.29, 0.717) is 30.0 Å². The van der Waals surface area contributed by atoms with Gasteiger partial charge >= 0.3 is 6.03 Å². The summed E-state index contributed by atoms with van der Waals surface area (Å²) in [6.45, 7) is 0.619. The third-order valence-corrected chi connectivity index (χ3v) is 6.62. The van der Waals surface area contributed by atoms with E-state index in [2.05, 4.69) is 5.32 Å². The summed E-state index contributed by atoms with van der Waals surface area (Å²) < 4.78 is 5.14. The number of rotatable bonds is 3. The van der Waals surface area contributed by atoms with Crippen LogP contribution in [0.3, 0.4) is 0 Å². The molecule has 10 heteroatoms. The Bertz CT molecular complexity index is 1160. The maximum absolute atomic E-state index is 13.9. The molecule has 2 fully saturated rings. The first-order valence-electron chi connectivity index (χ1n) is 10.2. The van der Waals surface area contributed by atoms with Crippen LogP contribution in [-0.2, 0) is 16.0 Å². The number of anilines is 2. The molecule has 1 spiro atoms. The lowest BCUT2D eigenvalue weighted by atomic mass is 9.68. The molecule has 5 rings (SSSR count). The number of fused-ring (bicyclic) bond motifs is 4. The van der Waals surface area contributed by atoms with E-state index in [1.807, 2.05) is 4.90 Å². The first kappa shape index (κ1) is 20.0. The van der Waals surface area contributed by atoms with E-state index < -0.39 is 34.2 Å². The van der Waals surface area contributed by atoms with Crippen molar-refractivity contribution in [2.24, 2.45) is 5.41 Å². The van der Waals surface area contributed by atoms with E-state index in [1.165, 1.54) is 19.2 Å². The van der Waals surface area contributed by atoms with E-state index in [4.69, 9.17) is 4.74 Å². The van der Waals surface area contributed by atoms with Gasteiger partial charge in [-0.15, -0.1) is 0 Å². The van der Waals surface area contributed by atoms with Crippen molar-refractivity contribution in [1.82, 2.24) is 5.32 Å². The summed E-state index contributed by atoms with van der Waals surface area (Å²) in [5, 5.41) is 13.7. The van der Waals surface area contributed by atoms with Gasteiger partial charge < -0.3 is 9.64 Å². The normalized spacial score (nSPS) is 24.3. The molecular formula is C22H20N4O6. The molecule has 2 aromatic rings. The standard InChI is InChI=1S/C22H20N4O6/c1-32-16-7-4-14(5-8-16)25-20(28)22(19(27)23-21(25)29)12-13-11-15(26(30)31)6-9-17(13)24-10-2-3-18(22)24/h4-9,11,18H,2-3,10,12H2,1H3,(H,23,27,29)/t18-,22-/m0/s1. The molecule has 4 amide bonds. The molecule has 0 saturated carbocycles. The zero-order valence-electron chi connectivity index (χ0n) is 17.2. The number of non-ortho nitro benzene ring substituents is 1. The molecule has 0 aromatic heterocycles. The number of benzene rings is 2. The Hall–Kier alpha value is -3.95. The Morgan fingerprint density at radius 3 is 2.59 bits per heavy atom. The van der Waals surface area contributed by atoms with Crippen LogP contribution in [0.5, 0.6) is 5.75 Å². The fraction of sp³-hybridized carbons (Fsp3) is 0.318. The molecule has 3 aliphatic heterocycles. The van der Waals surface area contributed by atoms with Crippen molar-refractivity contribution in [2.45, 2.75) is 25.3 Å².